The Bertz CT molecular complexity index is 299. The number of methoxy groups -OCH3 is 1. The van der Waals surface area contributed by atoms with E-state index >= 15 is 0 Å². The third-order valence-corrected chi connectivity index (χ3v) is 1.63. The van der Waals surface area contributed by atoms with Gasteiger partial charge in [-0.15, -0.1) is 6.42 Å². The highest BCUT2D eigenvalue weighted by atomic mass is 16.7. The highest BCUT2D eigenvalue weighted by Gasteiger charge is 1.97. The Kier molecular flexibility index (Phi) is 4.04. The predicted octanol–water partition coefficient (Wildman–Crippen LogP) is 1.79. The van der Waals surface area contributed by atoms with E-state index in [1.807, 2.05) is 24.3 Å². The number of ether oxygens (including phenoxy) is 2. The Balaban J connectivity index is 2.60. The zero-order valence-electron chi connectivity index (χ0n) is 7.62. The van der Waals surface area contributed by atoms with E-state index < -0.39 is 0 Å². The fourth-order valence-corrected chi connectivity index (χ4v) is 1.02. The van der Waals surface area contributed by atoms with Crippen LogP contribution >= 0.6 is 0 Å². The van der Waals surface area contributed by atoms with Crippen LogP contribution < -0.4 is 0 Å². The monoisotopic (exact) mass is 176 g/mol. The highest BCUT2D eigenvalue weighted by Crippen LogP contribution is 2.08. The number of benzene rings is 1. The summed E-state index contributed by atoms with van der Waals surface area (Å²) in [5.74, 6) is 2.60. The second-order valence-corrected chi connectivity index (χ2v) is 2.56. The number of hydrogen-bond donors (Lipinski definition) is 0. The van der Waals surface area contributed by atoms with Gasteiger partial charge in [0.15, 0.2) is 0 Å². The molecule has 0 aliphatic rings. The fourth-order valence-electron chi connectivity index (χ4n) is 1.02. The first-order valence-corrected chi connectivity index (χ1v) is 3.99. The Morgan fingerprint density at radius 1 is 1.38 bits per heavy atom. The van der Waals surface area contributed by atoms with Crippen molar-refractivity contribution in [3.05, 3.63) is 35.4 Å². The number of rotatable bonds is 4. The van der Waals surface area contributed by atoms with Crippen molar-refractivity contribution >= 4 is 0 Å². The molecule has 2 nitrogen and oxygen atoms in total. The molecule has 0 N–H and O–H groups in total. The number of terminal acetylenes is 1. The van der Waals surface area contributed by atoms with Gasteiger partial charge in [-0.2, -0.15) is 0 Å². The Morgan fingerprint density at radius 2 is 2.15 bits per heavy atom. The topological polar surface area (TPSA) is 18.5 Å². The third kappa shape index (κ3) is 2.90. The van der Waals surface area contributed by atoms with Crippen molar-refractivity contribution in [2.45, 2.75) is 6.61 Å². The van der Waals surface area contributed by atoms with Gasteiger partial charge in [-0.1, -0.05) is 24.1 Å². The summed E-state index contributed by atoms with van der Waals surface area (Å²) >= 11 is 0. The molecule has 0 aliphatic carbocycles. The van der Waals surface area contributed by atoms with Gasteiger partial charge in [-0.05, 0) is 11.6 Å². The lowest BCUT2D eigenvalue weighted by Crippen LogP contribution is -1.98. The van der Waals surface area contributed by atoms with Crippen LogP contribution in [0.25, 0.3) is 0 Å². The molecular formula is C11H12O2. The van der Waals surface area contributed by atoms with Gasteiger partial charge < -0.3 is 9.47 Å². The lowest BCUT2D eigenvalue weighted by molar-refractivity contribution is -0.0391. The summed E-state index contributed by atoms with van der Waals surface area (Å²) in [7, 11) is 1.59. The summed E-state index contributed by atoms with van der Waals surface area (Å²) < 4.78 is 9.96. The highest BCUT2D eigenvalue weighted by molar-refractivity contribution is 5.39. The lowest BCUT2D eigenvalue weighted by Gasteiger charge is -2.04. The molecule has 0 heterocycles. The van der Waals surface area contributed by atoms with E-state index in [1.54, 1.807) is 7.11 Å². The van der Waals surface area contributed by atoms with E-state index in [0.717, 1.165) is 11.1 Å². The average Bonchev–Trinajstić information content (AvgIpc) is 2.19. The van der Waals surface area contributed by atoms with Crippen LogP contribution in [0.5, 0.6) is 0 Å². The van der Waals surface area contributed by atoms with E-state index in [1.165, 1.54) is 0 Å². The van der Waals surface area contributed by atoms with Crippen molar-refractivity contribution in [3.8, 4) is 12.3 Å². The van der Waals surface area contributed by atoms with Crippen LogP contribution in [-0.4, -0.2) is 13.9 Å². The first-order chi connectivity index (χ1) is 6.38. The summed E-state index contributed by atoms with van der Waals surface area (Å²) in [6, 6.07) is 7.69. The third-order valence-electron chi connectivity index (χ3n) is 1.63. The normalized spacial score (nSPS) is 9.54. The smallest absolute Gasteiger partial charge is 0.146 e. The molecule has 0 radical (unpaired) electrons. The van der Waals surface area contributed by atoms with Crippen molar-refractivity contribution in [3.63, 3.8) is 0 Å². The molecule has 0 aliphatic heterocycles. The van der Waals surface area contributed by atoms with Crippen molar-refractivity contribution in [2.75, 3.05) is 13.9 Å². The Hall–Kier alpha value is -1.30. The molecule has 1 aromatic carbocycles. The van der Waals surface area contributed by atoms with Gasteiger partial charge in [0.25, 0.3) is 0 Å². The van der Waals surface area contributed by atoms with Gasteiger partial charge in [0, 0.05) is 12.7 Å². The summed E-state index contributed by atoms with van der Waals surface area (Å²) in [5.41, 5.74) is 1.89. The average molecular weight is 176 g/mol. The first-order valence-electron chi connectivity index (χ1n) is 3.99. The summed E-state index contributed by atoms with van der Waals surface area (Å²) in [4.78, 5) is 0. The molecule has 13 heavy (non-hydrogen) atoms. The SMILES string of the molecule is C#Cc1ccccc1COCOC. The number of hydrogen-bond acceptors (Lipinski definition) is 2. The van der Waals surface area contributed by atoms with Crippen LogP contribution in [0.2, 0.25) is 0 Å². The minimum atomic E-state index is 0.291. The summed E-state index contributed by atoms with van der Waals surface area (Å²) in [6.07, 6.45) is 5.32. The molecule has 0 spiro atoms. The van der Waals surface area contributed by atoms with Crippen LogP contribution in [0.1, 0.15) is 11.1 Å². The standard InChI is InChI=1S/C11H12O2/c1-3-10-6-4-5-7-11(10)8-13-9-12-2/h1,4-7H,8-9H2,2H3. The summed E-state index contributed by atoms with van der Waals surface area (Å²) in [6.45, 7) is 0.785. The molecule has 1 aromatic rings. The van der Waals surface area contributed by atoms with Crippen molar-refractivity contribution in [2.24, 2.45) is 0 Å². The van der Waals surface area contributed by atoms with E-state index in [0.29, 0.717) is 13.4 Å². The minimum absolute atomic E-state index is 0.291. The molecule has 1 rings (SSSR count). The molecule has 0 aromatic heterocycles. The van der Waals surface area contributed by atoms with Crippen LogP contribution in [0.15, 0.2) is 24.3 Å². The summed E-state index contributed by atoms with van der Waals surface area (Å²) in [5, 5.41) is 0. The van der Waals surface area contributed by atoms with Crippen LogP contribution in [0, 0.1) is 12.3 Å². The van der Waals surface area contributed by atoms with E-state index in [2.05, 4.69) is 5.92 Å². The molecule has 0 amide bonds. The van der Waals surface area contributed by atoms with Crippen LogP contribution in [0.3, 0.4) is 0 Å². The van der Waals surface area contributed by atoms with Crippen molar-refractivity contribution < 1.29 is 9.47 Å². The molecule has 0 bridgehead atoms. The zero-order valence-corrected chi connectivity index (χ0v) is 7.62. The maximum atomic E-state index is 5.32. The largest absolute Gasteiger partial charge is 0.359 e. The minimum Gasteiger partial charge on any atom is -0.359 e. The van der Waals surface area contributed by atoms with E-state index in [9.17, 15) is 0 Å². The first kappa shape index (κ1) is 9.79. The van der Waals surface area contributed by atoms with Crippen molar-refractivity contribution in [1.82, 2.24) is 0 Å². The van der Waals surface area contributed by atoms with Gasteiger partial charge >= 0.3 is 0 Å². The molecule has 0 saturated carbocycles. The lowest BCUT2D eigenvalue weighted by atomic mass is 10.1. The van der Waals surface area contributed by atoms with Crippen LogP contribution in [0.4, 0.5) is 0 Å². The molecule has 2 heteroatoms. The molecule has 0 saturated heterocycles. The molecule has 0 unspecified atom stereocenters. The molecule has 0 atom stereocenters. The Morgan fingerprint density at radius 3 is 2.85 bits per heavy atom. The molecular weight excluding hydrogens is 164 g/mol. The maximum absolute atomic E-state index is 5.32. The fraction of sp³-hybridized carbons (Fsp3) is 0.273. The van der Waals surface area contributed by atoms with Crippen LogP contribution in [-0.2, 0) is 16.1 Å². The second-order valence-electron chi connectivity index (χ2n) is 2.56. The predicted molar refractivity (Wildman–Crippen MR) is 51.0 cm³/mol. The van der Waals surface area contributed by atoms with Gasteiger partial charge in [-0.3, -0.25) is 0 Å². The zero-order chi connectivity index (χ0) is 9.52. The van der Waals surface area contributed by atoms with Gasteiger partial charge in [0.2, 0.25) is 0 Å². The van der Waals surface area contributed by atoms with Crippen molar-refractivity contribution in [1.29, 1.82) is 0 Å². The Labute approximate surface area is 78.5 Å². The quantitative estimate of drug-likeness (QED) is 0.395. The maximum Gasteiger partial charge on any atom is 0.146 e. The van der Waals surface area contributed by atoms with Gasteiger partial charge in [0.05, 0.1) is 6.61 Å². The molecule has 68 valence electrons. The van der Waals surface area contributed by atoms with E-state index in [4.69, 9.17) is 15.9 Å². The molecule has 0 fully saturated rings. The van der Waals surface area contributed by atoms with Gasteiger partial charge in [0.1, 0.15) is 6.79 Å². The second kappa shape index (κ2) is 5.36. The van der Waals surface area contributed by atoms with E-state index in [-0.39, 0.29) is 0 Å². The van der Waals surface area contributed by atoms with Gasteiger partial charge in [-0.25, -0.2) is 0 Å².